The number of carbonyl (C=O) groups excluding carboxylic acids is 1. The minimum atomic E-state index is 0.202. The van der Waals surface area contributed by atoms with Gasteiger partial charge in [0.2, 0.25) is 5.91 Å². The van der Waals surface area contributed by atoms with E-state index in [0.717, 1.165) is 38.6 Å². The number of amides is 1. The molecule has 1 unspecified atom stereocenters. The Hall–Kier alpha value is -0.870. The molecule has 4 heteroatoms. The van der Waals surface area contributed by atoms with E-state index in [0.29, 0.717) is 5.92 Å². The predicted molar refractivity (Wildman–Crippen MR) is 80.1 cm³/mol. The fraction of sp³-hybridized carbons (Fsp3) is 0.667. The third kappa shape index (κ3) is 4.32. The van der Waals surface area contributed by atoms with Crippen molar-refractivity contribution >= 4 is 17.2 Å². The molecule has 19 heavy (non-hydrogen) atoms. The maximum Gasteiger partial charge on any atom is 0.223 e. The van der Waals surface area contributed by atoms with Crippen LogP contribution >= 0.6 is 11.3 Å². The van der Waals surface area contributed by atoms with Crippen LogP contribution in [0.2, 0.25) is 0 Å². The van der Waals surface area contributed by atoms with Crippen LogP contribution < -0.4 is 11.1 Å². The van der Waals surface area contributed by atoms with Crippen molar-refractivity contribution in [2.24, 2.45) is 17.6 Å². The molecule has 3 nitrogen and oxygen atoms in total. The van der Waals surface area contributed by atoms with Gasteiger partial charge in [0.05, 0.1) is 0 Å². The number of thiophene rings is 1. The molecule has 1 aromatic heterocycles. The van der Waals surface area contributed by atoms with Crippen LogP contribution in [0.3, 0.4) is 0 Å². The maximum absolute atomic E-state index is 12.2. The zero-order chi connectivity index (χ0) is 13.7. The van der Waals surface area contributed by atoms with Crippen LogP contribution in [0.4, 0.5) is 0 Å². The Morgan fingerprint density at radius 3 is 2.79 bits per heavy atom. The Kier molecular flexibility index (Phi) is 5.40. The van der Waals surface area contributed by atoms with Gasteiger partial charge in [-0.3, -0.25) is 4.79 Å². The van der Waals surface area contributed by atoms with Crippen molar-refractivity contribution in [3.63, 3.8) is 0 Å². The molecule has 1 atom stereocenters. The summed E-state index contributed by atoms with van der Waals surface area (Å²) in [5.74, 6) is 1.07. The molecule has 0 aromatic carbocycles. The third-order valence-electron chi connectivity index (χ3n) is 4.06. The topological polar surface area (TPSA) is 55.1 Å². The molecular weight excluding hydrogens is 256 g/mol. The monoisotopic (exact) mass is 280 g/mol. The second-order valence-electron chi connectivity index (χ2n) is 5.70. The molecule has 0 bridgehead atoms. The summed E-state index contributed by atoms with van der Waals surface area (Å²) in [7, 11) is 0. The fourth-order valence-corrected chi connectivity index (χ4v) is 3.52. The van der Waals surface area contributed by atoms with E-state index in [-0.39, 0.29) is 17.9 Å². The number of hydrogen-bond donors (Lipinski definition) is 2. The lowest BCUT2D eigenvalue weighted by Gasteiger charge is -2.27. The van der Waals surface area contributed by atoms with Crippen molar-refractivity contribution in [2.75, 3.05) is 6.54 Å². The minimum Gasteiger partial charge on any atom is -0.353 e. The molecule has 1 saturated carbocycles. The summed E-state index contributed by atoms with van der Waals surface area (Å²) in [4.78, 5) is 12.2. The summed E-state index contributed by atoms with van der Waals surface area (Å²) in [6.45, 7) is 2.85. The lowest BCUT2D eigenvalue weighted by molar-refractivity contribution is -0.126. The van der Waals surface area contributed by atoms with Crippen molar-refractivity contribution in [1.29, 1.82) is 0 Å². The first-order chi connectivity index (χ1) is 9.19. The summed E-state index contributed by atoms with van der Waals surface area (Å²) in [6, 6.07) is 2.34. The van der Waals surface area contributed by atoms with Gasteiger partial charge in [0.1, 0.15) is 0 Å². The zero-order valence-electron chi connectivity index (χ0n) is 11.6. The van der Waals surface area contributed by atoms with Crippen LogP contribution in [-0.4, -0.2) is 18.5 Å². The molecule has 0 spiro atoms. The normalized spacial score (nSPS) is 24.9. The predicted octanol–water partition coefficient (Wildman–Crippen LogP) is 2.56. The number of carbonyl (C=O) groups is 1. The SMILES string of the molecule is CC(Cc1ccsc1)NC(=O)C1CCC(CN)CC1. The van der Waals surface area contributed by atoms with Gasteiger partial charge < -0.3 is 11.1 Å². The van der Waals surface area contributed by atoms with Crippen LogP contribution in [0.25, 0.3) is 0 Å². The summed E-state index contributed by atoms with van der Waals surface area (Å²) in [5, 5.41) is 7.38. The van der Waals surface area contributed by atoms with Crippen LogP contribution in [0.15, 0.2) is 16.8 Å². The van der Waals surface area contributed by atoms with E-state index in [1.165, 1.54) is 5.56 Å². The summed E-state index contributed by atoms with van der Waals surface area (Å²) in [6.07, 6.45) is 5.13. The summed E-state index contributed by atoms with van der Waals surface area (Å²) in [5.41, 5.74) is 6.99. The van der Waals surface area contributed by atoms with E-state index in [4.69, 9.17) is 5.73 Å². The van der Waals surface area contributed by atoms with Gasteiger partial charge in [-0.15, -0.1) is 0 Å². The van der Waals surface area contributed by atoms with Crippen molar-refractivity contribution in [3.05, 3.63) is 22.4 Å². The highest BCUT2D eigenvalue weighted by Gasteiger charge is 2.26. The largest absolute Gasteiger partial charge is 0.353 e. The van der Waals surface area contributed by atoms with Crippen LogP contribution in [0.1, 0.15) is 38.2 Å². The Morgan fingerprint density at radius 2 is 2.21 bits per heavy atom. The Bertz CT molecular complexity index is 383. The minimum absolute atomic E-state index is 0.202. The molecule has 1 aromatic rings. The molecule has 1 heterocycles. The molecule has 1 aliphatic carbocycles. The van der Waals surface area contributed by atoms with Crippen molar-refractivity contribution in [2.45, 2.75) is 45.1 Å². The van der Waals surface area contributed by atoms with Gasteiger partial charge in [0.15, 0.2) is 0 Å². The van der Waals surface area contributed by atoms with Gasteiger partial charge >= 0.3 is 0 Å². The Balaban J connectivity index is 1.74. The van der Waals surface area contributed by atoms with E-state index in [1.54, 1.807) is 11.3 Å². The molecule has 1 amide bonds. The Labute approximate surface area is 119 Å². The molecule has 2 rings (SSSR count). The average Bonchev–Trinajstić information content (AvgIpc) is 2.91. The average molecular weight is 280 g/mol. The molecule has 106 valence electrons. The molecule has 3 N–H and O–H groups in total. The van der Waals surface area contributed by atoms with Gasteiger partial charge in [0, 0.05) is 12.0 Å². The smallest absolute Gasteiger partial charge is 0.223 e. The quantitative estimate of drug-likeness (QED) is 0.871. The van der Waals surface area contributed by atoms with E-state index in [2.05, 4.69) is 29.1 Å². The molecule has 1 aliphatic rings. The Morgan fingerprint density at radius 1 is 1.47 bits per heavy atom. The van der Waals surface area contributed by atoms with Gasteiger partial charge in [-0.2, -0.15) is 11.3 Å². The van der Waals surface area contributed by atoms with Gasteiger partial charge in [-0.05, 0) is 73.9 Å². The first-order valence-corrected chi connectivity index (χ1v) is 8.15. The van der Waals surface area contributed by atoms with Crippen molar-refractivity contribution in [3.8, 4) is 0 Å². The number of nitrogens with two attached hydrogens (primary N) is 1. The van der Waals surface area contributed by atoms with E-state index in [9.17, 15) is 4.79 Å². The van der Waals surface area contributed by atoms with E-state index < -0.39 is 0 Å². The summed E-state index contributed by atoms with van der Waals surface area (Å²) < 4.78 is 0. The second kappa shape index (κ2) is 7.06. The highest BCUT2D eigenvalue weighted by atomic mass is 32.1. The van der Waals surface area contributed by atoms with Crippen molar-refractivity contribution < 1.29 is 4.79 Å². The van der Waals surface area contributed by atoms with Crippen molar-refractivity contribution in [1.82, 2.24) is 5.32 Å². The van der Waals surface area contributed by atoms with E-state index in [1.807, 2.05) is 0 Å². The lowest BCUT2D eigenvalue weighted by atomic mass is 9.81. The van der Waals surface area contributed by atoms with Crippen LogP contribution in [-0.2, 0) is 11.2 Å². The van der Waals surface area contributed by atoms with Gasteiger partial charge in [-0.1, -0.05) is 0 Å². The number of nitrogens with one attached hydrogen (secondary N) is 1. The highest BCUT2D eigenvalue weighted by Crippen LogP contribution is 2.28. The first kappa shape index (κ1) is 14.5. The molecule has 0 radical (unpaired) electrons. The third-order valence-corrected chi connectivity index (χ3v) is 4.79. The number of hydrogen-bond acceptors (Lipinski definition) is 3. The molecular formula is C15H24N2OS. The standard InChI is InChI=1S/C15H24N2OS/c1-11(8-13-6-7-19-10-13)17-15(18)14-4-2-12(9-16)3-5-14/h6-7,10-12,14H,2-5,8-9,16H2,1H3,(H,17,18). The lowest BCUT2D eigenvalue weighted by Crippen LogP contribution is -2.40. The van der Waals surface area contributed by atoms with Crippen LogP contribution in [0.5, 0.6) is 0 Å². The van der Waals surface area contributed by atoms with Crippen LogP contribution in [0, 0.1) is 11.8 Å². The zero-order valence-corrected chi connectivity index (χ0v) is 12.4. The highest BCUT2D eigenvalue weighted by molar-refractivity contribution is 7.07. The maximum atomic E-state index is 12.2. The molecule has 0 aliphatic heterocycles. The van der Waals surface area contributed by atoms with E-state index >= 15 is 0 Å². The fourth-order valence-electron chi connectivity index (χ4n) is 2.83. The second-order valence-corrected chi connectivity index (χ2v) is 6.48. The van der Waals surface area contributed by atoms with Gasteiger partial charge in [-0.25, -0.2) is 0 Å². The summed E-state index contributed by atoms with van der Waals surface area (Å²) >= 11 is 1.71. The first-order valence-electron chi connectivity index (χ1n) is 7.20. The van der Waals surface area contributed by atoms with Gasteiger partial charge in [0.25, 0.3) is 0 Å². The molecule has 0 saturated heterocycles. The molecule has 1 fully saturated rings. The number of rotatable bonds is 5.